The van der Waals surface area contributed by atoms with Crippen molar-refractivity contribution in [1.82, 2.24) is 14.7 Å². The van der Waals surface area contributed by atoms with Crippen molar-refractivity contribution in [3.05, 3.63) is 70.9 Å². The maximum absolute atomic E-state index is 13.6. The van der Waals surface area contributed by atoms with Crippen LogP contribution in [0.15, 0.2) is 54.7 Å². The van der Waals surface area contributed by atoms with E-state index < -0.39 is 6.17 Å². The van der Waals surface area contributed by atoms with Crippen LogP contribution in [0.3, 0.4) is 0 Å². The number of aromatic nitrogens is 2. The number of carbonyl (C=O) groups is 1. The third kappa shape index (κ3) is 4.32. The van der Waals surface area contributed by atoms with E-state index in [1.54, 1.807) is 4.68 Å². The molecule has 0 aliphatic carbocycles. The van der Waals surface area contributed by atoms with Gasteiger partial charge in [0.05, 0.1) is 36.4 Å². The molecular formula is C25H24ClN5O2. The summed E-state index contributed by atoms with van der Waals surface area (Å²) < 4.78 is 7.65. The Balaban J connectivity index is 1.59. The highest BCUT2D eigenvalue weighted by Crippen LogP contribution is 2.38. The molecule has 1 aromatic heterocycles. The number of ether oxygens (including phenoxy) is 1. The molecule has 168 valence electrons. The standard InChI is InChI=1S/C25H24ClN5O2/c26-18-10-8-17(9-11-18)23-21(16-30(29-23)13-4-12-27)24-28-22-7-2-1-6-20(22)25(32)31(24)15-19-5-3-14-33-19/h1-2,6-11,16,19,24,28H,3-5,13-15H2/t19-,24-/m0/s1. The van der Waals surface area contributed by atoms with Gasteiger partial charge in [0.2, 0.25) is 0 Å². The Bertz CT molecular complexity index is 1190. The Morgan fingerprint density at radius 3 is 2.79 bits per heavy atom. The van der Waals surface area contributed by atoms with E-state index in [9.17, 15) is 4.79 Å². The number of para-hydroxylation sites is 1. The summed E-state index contributed by atoms with van der Waals surface area (Å²) >= 11 is 6.11. The van der Waals surface area contributed by atoms with Crippen LogP contribution in [-0.4, -0.2) is 39.8 Å². The fourth-order valence-corrected chi connectivity index (χ4v) is 4.61. The molecule has 0 radical (unpaired) electrons. The van der Waals surface area contributed by atoms with Crippen molar-refractivity contribution in [3.8, 4) is 17.3 Å². The predicted molar refractivity (Wildman–Crippen MR) is 126 cm³/mol. The molecule has 0 spiro atoms. The fraction of sp³-hybridized carbons (Fsp3) is 0.320. The number of hydrogen-bond acceptors (Lipinski definition) is 5. The number of carbonyl (C=O) groups excluding carboxylic acids is 1. The molecule has 0 saturated carbocycles. The lowest BCUT2D eigenvalue weighted by Crippen LogP contribution is -2.46. The second-order valence-electron chi connectivity index (χ2n) is 8.30. The van der Waals surface area contributed by atoms with E-state index in [1.807, 2.05) is 59.6 Å². The maximum atomic E-state index is 13.6. The SMILES string of the molecule is N#CCCn1cc([C@H]2Nc3ccccc3C(=O)N2C[C@@H]2CCCO2)c(-c2ccc(Cl)cc2)n1. The van der Waals surface area contributed by atoms with E-state index in [4.69, 9.17) is 26.7 Å². The van der Waals surface area contributed by atoms with Gasteiger partial charge in [0.1, 0.15) is 6.17 Å². The number of nitrogens with one attached hydrogen (secondary N) is 1. The average molecular weight is 462 g/mol. The monoisotopic (exact) mass is 461 g/mol. The number of nitriles is 1. The molecule has 33 heavy (non-hydrogen) atoms. The molecule has 5 rings (SSSR count). The first kappa shape index (κ1) is 21.5. The summed E-state index contributed by atoms with van der Waals surface area (Å²) in [5, 5.41) is 18.1. The third-order valence-corrected chi connectivity index (χ3v) is 6.35. The van der Waals surface area contributed by atoms with Crippen LogP contribution in [0, 0.1) is 11.3 Å². The molecule has 1 amide bonds. The van der Waals surface area contributed by atoms with Crippen molar-refractivity contribution in [2.24, 2.45) is 0 Å². The van der Waals surface area contributed by atoms with Gasteiger partial charge in [-0.2, -0.15) is 10.4 Å². The minimum atomic E-state index is -0.418. The Labute approximate surface area is 197 Å². The summed E-state index contributed by atoms with van der Waals surface area (Å²) in [6.45, 7) is 1.69. The number of aryl methyl sites for hydroxylation is 1. The van der Waals surface area contributed by atoms with Gasteiger partial charge in [0.25, 0.3) is 5.91 Å². The largest absolute Gasteiger partial charge is 0.376 e. The summed E-state index contributed by atoms with van der Waals surface area (Å²) in [4.78, 5) is 15.5. The van der Waals surface area contributed by atoms with Crippen molar-refractivity contribution in [3.63, 3.8) is 0 Å². The first-order valence-electron chi connectivity index (χ1n) is 11.1. The van der Waals surface area contributed by atoms with Gasteiger partial charge in [-0.15, -0.1) is 0 Å². The molecular weight excluding hydrogens is 438 g/mol. The Morgan fingerprint density at radius 1 is 1.21 bits per heavy atom. The Morgan fingerprint density at radius 2 is 2.03 bits per heavy atom. The summed E-state index contributed by atoms with van der Waals surface area (Å²) in [6, 6.07) is 17.2. The van der Waals surface area contributed by atoms with Gasteiger partial charge in [-0.1, -0.05) is 35.9 Å². The second-order valence-corrected chi connectivity index (χ2v) is 8.73. The van der Waals surface area contributed by atoms with E-state index in [0.717, 1.165) is 42.0 Å². The molecule has 1 fully saturated rings. The summed E-state index contributed by atoms with van der Waals surface area (Å²) in [6.07, 6.45) is 3.81. The van der Waals surface area contributed by atoms with E-state index in [-0.39, 0.29) is 12.0 Å². The van der Waals surface area contributed by atoms with Gasteiger partial charge < -0.3 is 15.0 Å². The Hall–Kier alpha value is -3.34. The van der Waals surface area contributed by atoms with Crippen molar-refractivity contribution in [2.45, 2.75) is 38.1 Å². The van der Waals surface area contributed by atoms with E-state index >= 15 is 0 Å². The van der Waals surface area contributed by atoms with Crippen molar-refractivity contribution in [2.75, 3.05) is 18.5 Å². The minimum Gasteiger partial charge on any atom is -0.376 e. The number of amides is 1. The lowest BCUT2D eigenvalue weighted by Gasteiger charge is -2.39. The van der Waals surface area contributed by atoms with Crippen LogP contribution in [0.4, 0.5) is 5.69 Å². The number of benzene rings is 2. The zero-order chi connectivity index (χ0) is 22.8. The minimum absolute atomic E-state index is 0.0103. The summed E-state index contributed by atoms with van der Waals surface area (Å²) in [7, 11) is 0. The smallest absolute Gasteiger partial charge is 0.257 e. The average Bonchev–Trinajstić information content (AvgIpc) is 3.50. The number of rotatable bonds is 6. The number of hydrogen-bond donors (Lipinski definition) is 1. The number of anilines is 1. The van der Waals surface area contributed by atoms with Crippen LogP contribution in [0.1, 0.15) is 41.3 Å². The van der Waals surface area contributed by atoms with Gasteiger partial charge in [0.15, 0.2) is 0 Å². The molecule has 0 bridgehead atoms. The Kier molecular flexibility index (Phi) is 6.03. The van der Waals surface area contributed by atoms with Crippen molar-refractivity contribution < 1.29 is 9.53 Å². The topological polar surface area (TPSA) is 83.2 Å². The van der Waals surface area contributed by atoms with Gasteiger partial charge in [-0.3, -0.25) is 9.48 Å². The van der Waals surface area contributed by atoms with Crippen LogP contribution >= 0.6 is 11.6 Å². The van der Waals surface area contributed by atoms with Gasteiger partial charge >= 0.3 is 0 Å². The third-order valence-electron chi connectivity index (χ3n) is 6.10. The molecule has 3 heterocycles. The van der Waals surface area contributed by atoms with Crippen LogP contribution in [0.5, 0.6) is 0 Å². The molecule has 7 nitrogen and oxygen atoms in total. The quantitative estimate of drug-likeness (QED) is 0.566. The molecule has 2 atom stereocenters. The number of halogens is 1. The lowest BCUT2D eigenvalue weighted by atomic mass is 10.0. The maximum Gasteiger partial charge on any atom is 0.257 e. The van der Waals surface area contributed by atoms with Crippen molar-refractivity contribution in [1.29, 1.82) is 5.26 Å². The lowest BCUT2D eigenvalue weighted by molar-refractivity contribution is 0.0427. The molecule has 8 heteroatoms. The first-order valence-corrected chi connectivity index (χ1v) is 11.5. The van der Waals surface area contributed by atoms with E-state index in [1.165, 1.54) is 0 Å². The number of fused-ring (bicyclic) bond motifs is 1. The fourth-order valence-electron chi connectivity index (χ4n) is 4.48. The van der Waals surface area contributed by atoms with Crippen LogP contribution < -0.4 is 5.32 Å². The molecule has 2 aromatic carbocycles. The van der Waals surface area contributed by atoms with Gasteiger partial charge in [0, 0.05) is 41.2 Å². The zero-order valence-corrected chi connectivity index (χ0v) is 18.8. The highest BCUT2D eigenvalue weighted by atomic mass is 35.5. The zero-order valence-electron chi connectivity index (χ0n) is 18.1. The summed E-state index contributed by atoms with van der Waals surface area (Å²) in [5.41, 5.74) is 3.97. The van der Waals surface area contributed by atoms with E-state index in [0.29, 0.717) is 30.1 Å². The normalized spacial score (nSPS) is 19.8. The molecule has 2 aliphatic rings. The molecule has 1 saturated heterocycles. The van der Waals surface area contributed by atoms with Gasteiger partial charge in [-0.05, 0) is 37.1 Å². The predicted octanol–water partition coefficient (Wildman–Crippen LogP) is 4.86. The van der Waals surface area contributed by atoms with Crippen LogP contribution in [0.25, 0.3) is 11.3 Å². The highest BCUT2D eigenvalue weighted by Gasteiger charge is 2.37. The first-order chi connectivity index (χ1) is 16.1. The van der Waals surface area contributed by atoms with Crippen molar-refractivity contribution >= 4 is 23.2 Å². The van der Waals surface area contributed by atoms with Crippen LogP contribution in [-0.2, 0) is 11.3 Å². The molecule has 3 aromatic rings. The molecule has 2 aliphatic heterocycles. The van der Waals surface area contributed by atoms with E-state index in [2.05, 4.69) is 11.4 Å². The number of nitrogens with zero attached hydrogens (tertiary/aromatic N) is 4. The van der Waals surface area contributed by atoms with Crippen LogP contribution in [0.2, 0.25) is 5.02 Å². The summed E-state index contributed by atoms with van der Waals surface area (Å²) in [5.74, 6) is -0.0309. The highest BCUT2D eigenvalue weighted by molar-refractivity contribution is 6.30. The molecule has 1 N–H and O–H groups in total. The van der Waals surface area contributed by atoms with Gasteiger partial charge in [-0.25, -0.2) is 0 Å². The second kappa shape index (κ2) is 9.26. The molecule has 0 unspecified atom stereocenters.